The van der Waals surface area contributed by atoms with Crippen LogP contribution in [0.2, 0.25) is 0 Å². The van der Waals surface area contributed by atoms with E-state index in [1.807, 2.05) is 60.7 Å². The van der Waals surface area contributed by atoms with Crippen LogP contribution in [-0.4, -0.2) is 60.0 Å². The van der Waals surface area contributed by atoms with Crippen LogP contribution in [0.4, 0.5) is 5.95 Å². The lowest BCUT2D eigenvalue weighted by Gasteiger charge is -2.33. The Morgan fingerprint density at radius 1 is 1.00 bits per heavy atom. The summed E-state index contributed by atoms with van der Waals surface area (Å²) >= 11 is 0. The summed E-state index contributed by atoms with van der Waals surface area (Å²) < 4.78 is 11.1. The zero-order chi connectivity index (χ0) is 23.1. The number of cyclic esters (lactones) is 1. The number of carbonyl (C=O) groups is 1. The van der Waals surface area contributed by atoms with Crippen molar-refractivity contribution in [2.45, 2.75) is 0 Å². The molecule has 1 saturated heterocycles. The van der Waals surface area contributed by atoms with Crippen molar-refractivity contribution in [2.24, 2.45) is 4.99 Å². The van der Waals surface area contributed by atoms with Crippen molar-refractivity contribution in [3.8, 4) is 5.75 Å². The number of aromatic nitrogens is 2. The van der Waals surface area contributed by atoms with Crippen LogP contribution in [0.3, 0.4) is 0 Å². The maximum absolute atomic E-state index is 12.6. The summed E-state index contributed by atoms with van der Waals surface area (Å²) in [6.07, 6.45) is 1.79. The number of H-pyrrole nitrogens is 1. The molecule has 0 amide bonds. The molecule has 0 radical (unpaired) electrons. The fourth-order valence-corrected chi connectivity index (χ4v) is 4.40. The molecule has 2 aliphatic heterocycles. The molecule has 2 aliphatic rings. The molecule has 170 valence electrons. The Morgan fingerprint density at radius 2 is 1.74 bits per heavy atom. The third-order valence-corrected chi connectivity index (χ3v) is 6.21. The highest BCUT2D eigenvalue weighted by Gasteiger charge is 2.28. The first-order valence-electron chi connectivity index (χ1n) is 11.2. The highest BCUT2D eigenvalue weighted by Crippen LogP contribution is 2.29. The molecule has 0 aliphatic carbocycles. The third kappa shape index (κ3) is 3.63. The van der Waals surface area contributed by atoms with Gasteiger partial charge in [0.1, 0.15) is 5.75 Å². The maximum atomic E-state index is 12.6. The van der Waals surface area contributed by atoms with Crippen molar-refractivity contribution in [1.29, 1.82) is 0 Å². The lowest BCUT2D eigenvalue weighted by atomic mass is 10.1. The van der Waals surface area contributed by atoms with Gasteiger partial charge in [-0.15, -0.1) is 0 Å². The van der Waals surface area contributed by atoms with E-state index in [1.54, 1.807) is 13.3 Å². The molecule has 8 heteroatoms. The minimum atomic E-state index is -0.454. The summed E-state index contributed by atoms with van der Waals surface area (Å²) in [4.78, 5) is 29.5. The number of methoxy groups -OCH3 is 1. The van der Waals surface area contributed by atoms with Crippen molar-refractivity contribution in [3.05, 3.63) is 78.1 Å². The fourth-order valence-electron chi connectivity index (χ4n) is 4.40. The first-order valence-corrected chi connectivity index (χ1v) is 11.2. The third-order valence-electron chi connectivity index (χ3n) is 6.21. The number of ether oxygens (including phenoxy) is 2. The van der Waals surface area contributed by atoms with Gasteiger partial charge in [-0.25, -0.2) is 14.8 Å². The lowest BCUT2D eigenvalue weighted by Crippen LogP contribution is -2.44. The quantitative estimate of drug-likeness (QED) is 0.375. The first kappa shape index (κ1) is 20.3. The Kier molecular flexibility index (Phi) is 4.91. The summed E-state index contributed by atoms with van der Waals surface area (Å²) in [5.74, 6) is 1.30. The summed E-state index contributed by atoms with van der Waals surface area (Å²) in [6.45, 7) is 3.07. The van der Waals surface area contributed by atoms with Gasteiger partial charge in [0.2, 0.25) is 11.8 Å². The number of piperazine rings is 1. The molecule has 0 atom stereocenters. The highest BCUT2D eigenvalue weighted by atomic mass is 16.6. The van der Waals surface area contributed by atoms with Gasteiger partial charge in [-0.3, -0.25) is 0 Å². The van der Waals surface area contributed by atoms with Crippen molar-refractivity contribution in [3.63, 3.8) is 0 Å². The van der Waals surface area contributed by atoms with E-state index in [9.17, 15) is 4.79 Å². The van der Waals surface area contributed by atoms with E-state index in [2.05, 4.69) is 24.8 Å². The molecule has 0 saturated carbocycles. The number of imidazole rings is 1. The van der Waals surface area contributed by atoms with Gasteiger partial charge < -0.3 is 24.3 Å². The van der Waals surface area contributed by atoms with E-state index in [-0.39, 0.29) is 5.90 Å². The minimum Gasteiger partial charge on any atom is -0.496 e. The molecule has 1 N–H and O–H groups in total. The smallest absolute Gasteiger partial charge is 0.365 e. The zero-order valence-corrected chi connectivity index (χ0v) is 18.7. The van der Waals surface area contributed by atoms with Crippen LogP contribution in [0, 0.1) is 0 Å². The average Bonchev–Trinajstić information content (AvgIpc) is 3.47. The highest BCUT2D eigenvalue weighted by molar-refractivity contribution is 6.13. The van der Waals surface area contributed by atoms with Crippen LogP contribution in [0.25, 0.3) is 21.8 Å². The molecule has 4 aromatic rings. The molecule has 3 aromatic carbocycles. The van der Waals surface area contributed by atoms with Crippen LogP contribution < -0.4 is 9.64 Å². The Morgan fingerprint density at radius 3 is 2.50 bits per heavy atom. The SMILES string of the molecule is COc1cc2ccccc2cc1C1=N/C(=C/N2CCN(c3nc4ccccc4[nH]3)CC2)C(=O)O1. The van der Waals surface area contributed by atoms with Gasteiger partial charge in [-0.1, -0.05) is 36.4 Å². The van der Waals surface area contributed by atoms with Crippen molar-refractivity contribution in [2.75, 3.05) is 38.2 Å². The normalized spacial score (nSPS) is 17.5. The van der Waals surface area contributed by atoms with Gasteiger partial charge in [0.05, 0.1) is 23.7 Å². The Labute approximate surface area is 196 Å². The van der Waals surface area contributed by atoms with Crippen LogP contribution >= 0.6 is 0 Å². The number of para-hydroxylation sites is 2. The standard InChI is InChI=1S/C26H23N5O3/c1-33-23-15-18-7-3-2-6-17(18)14-19(23)24-27-22(25(32)34-24)16-30-10-12-31(13-11-30)26-28-20-8-4-5-9-21(20)29-26/h2-9,14-16H,10-13H2,1H3,(H,28,29)/b22-16+. The topological polar surface area (TPSA) is 83.0 Å². The zero-order valence-electron chi connectivity index (χ0n) is 18.7. The molecular formula is C26H23N5O3. The molecule has 0 bridgehead atoms. The van der Waals surface area contributed by atoms with Crippen LogP contribution in [-0.2, 0) is 9.53 Å². The van der Waals surface area contributed by atoms with Crippen molar-refractivity contribution in [1.82, 2.24) is 14.9 Å². The van der Waals surface area contributed by atoms with E-state index in [0.29, 0.717) is 17.0 Å². The fraction of sp³-hybridized carbons (Fsp3) is 0.192. The maximum Gasteiger partial charge on any atom is 0.365 e. The number of carbonyl (C=O) groups excluding carboxylic acids is 1. The second-order valence-electron chi connectivity index (χ2n) is 8.32. The number of aromatic amines is 1. The largest absolute Gasteiger partial charge is 0.496 e. The molecular weight excluding hydrogens is 430 g/mol. The molecule has 8 nitrogen and oxygen atoms in total. The molecule has 34 heavy (non-hydrogen) atoms. The average molecular weight is 454 g/mol. The van der Waals surface area contributed by atoms with Gasteiger partial charge in [0, 0.05) is 32.4 Å². The van der Waals surface area contributed by atoms with Crippen molar-refractivity contribution >= 4 is 39.6 Å². The van der Waals surface area contributed by atoms with E-state index >= 15 is 0 Å². The molecule has 0 spiro atoms. The Balaban J connectivity index is 1.20. The molecule has 3 heterocycles. The Hall–Kier alpha value is -4.33. The number of hydrogen-bond donors (Lipinski definition) is 1. The second kappa shape index (κ2) is 8.22. The molecule has 1 fully saturated rings. The molecule has 6 rings (SSSR count). The van der Waals surface area contributed by atoms with Crippen LogP contribution in [0.15, 0.2) is 77.6 Å². The Bertz CT molecular complexity index is 1430. The predicted molar refractivity (Wildman–Crippen MR) is 131 cm³/mol. The number of aliphatic imine (C=N–C) groups is 1. The monoisotopic (exact) mass is 453 g/mol. The predicted octanol–water partition coefficient (Wildman–Crippen LogP) is 3.69. The summed E-state index contributed by atoms with van der Waals surface area (Å²) in [7, 11) is 1.60. The number of hydrogen-bond acceptors (Lipinski definition) is 7. The number of nitrogens with zero attached hydrogens (tertiary/aromatic N) is 4. The van der Waals surface area contributed by atoms with Gasteiger partial charge in [0.15, 0.2) is 5.70 Å². The number of anilines is 1. The van der Waals surface area contributed by atoms with Gasteiger partial charge in [0.25, 0.3) is 0 Å². The van der Waals surface area contributed by atoms with Crippen molar-refractivity contribution < 1.29 is 14.3 Å². The second-order valence-corrected chi connectivity index (χ2v) is 8.32. The number of nitrogens with one attached hydrogen (secondary N) is 1. The van der Waals surface area contributed by atoms with E-state index in [0.717, 1.165) is 53.9 Å². The minimum absolute atomic E-state index is 0.264. The summed E-state index contributed by atoms with van der Waals surface area (Å²) in [5, 5.41) is 2.07. The first-order chi connectivity index (χ1) is 16.7. The van der Waals surface area contributed by atoms with E-state index in [4.69, 9.17) is 9.47 Å². The number of rotatable bonds is 4. The summed E-state index contributed by atoms with van der Waals surface area (Å²) in [6, 6.07) is 19.8. The van der Waals surface area contributed by atoms with Gasteiger partial charge in [-0.2, -0.15) is 0 Å². The number of benzene rings is 3. The van der Waals surface area contributed by atoms with Crippen LogP contribution in [0.5, 0.6) is 5.75 Å². The summed E-state index contributed by atoms with van der Waals surface area (Å²) in [5.41, 5.74) is 2.94. The number of esters is 1. The van der Waals surface area contributed by atoms with E-state index < -0.39 is 5.97 Å². The number of fused-ring (bicyclic) bond motifs is 2. The lowest BCUT2D eigenvalue weighted by molar-refractivity contribution is -0.130. The molecule has 1 aromatic heterocycles. The van der Waals surface area contributed by atoms with E-state index in [1.165, 1.54) is 0 Å². The van der Waals surface area contributed by atoms with Crippen LogP contribution in [0.1, 0.15) is 5.56 Å². The molecule has 0 unspecified atom stereocenters. The van der Waals surface area contributed by atoms with Gasteiger partial charge in [-0.05, 0) is 35.0 Å². The van der Waals surface area contributed by atoms with Gasteiger partial charge >= 0.3 is 5.97 Å².